The number of allylic oxidation sites excluding steroid dienone is 3. The van der Waals surface area contributed by atoms with Crippen molar-refractivity contribution in [2.24, 2.45) is 17.8 Å². The Morgan fingerprint density at radius 3 is 1.93 bits per heavy atom. The van der Waals surface area contributed by atoms with Gasteiger partial charge in [-0.15, -0.1) is 0 Å². The molecule has 2 saturated carbocycles. The van der Waals surface area contributed by atoms with E-state index in [1.54, 1.807) is 18.2 Å². The fourth-order valence-electron chi connectivity index (χ4n) is 4.98. The van der Waals surface area contributed by atoms with Gasteiger partial charge >= 0.3 is 6.18 Å². The van der Waals surface area contributed by atoms with Crippen LogP contribution in [0.15, 0.2) is 48.3 Å². The van der Waals surface area contributed by atoms with Crippen LogP contribution in [0.4, 0.5) is 17.6 Å². The third-order valence-electron chi connectivity index (χ3n) is 6.75. The average Bonchev–Trinajstić information content (AvgIpc) is 2.73. The number of halogens is 4. The summed E-state index contributed by atoms with van der Waals surface area (Å²) in [5.74, 6) is 0.699. The molecule has 2 aliphatic carbocycles. The van der Waals surface area contributed by atoms with Gasteiger partial charge in [0.1, 0.15) is 6.07 Å². The molecule has 1 aromatic rings. The normalized spacial score (nSPS) is 28.6. The number of hydrogen-bond acceptors (Lipinski definition) is 1. The molecule has 5 heteroatoms. The van der Waals surface area contributed by atoms with Gasteiger partial charge in [0.2, 0.25) is 0 Å². The molecule has 2 fully saturated rings. The average molecular weight is 405 g/mol. The van der Waals surface area contributed by atoms with Crippen LogP contribution < -0.4 is 0 Å². The van der Waals surface area contributed by atoms with Gasteiger partial charge in [-0.3, -0.25) is 0 Å². The lowest BCUT2D eigenvalue weighted by atomic mass is 9.70. The summed E-state index contributed by atoms with van der Waals surface area (Å²) in [6, 6.07) is 7.16. The lowest BCUT2D eigenvalue weighted by molar-refractivity contribution is -0.137. The van der Waals surface area contributed by atoms with Crippen molar-refractivity contribution in [1.29, 1.82) is 5.26 Å². The minimum atomic E-state index is -4.29. The summed E-state index contributed by atoms with van der Waals surface area (Å²) in [6.07, 6.45) is 4.90. The van der Waals surface area contributed by atoms with E-state index in [0.717, 1.165) is 56.9 Å². The maximum atomic E-state index is 13.1. The van der Waals surface area contributed by atoms with Crippen LogP contribution in [-0.2, 0) is 6.18 Å². The molecular formula is C24H27F4N. The van der Waals surface area contributed by atoms with E-state index >= 15 is 0 Å². The molecule has 0 N–H and O–H groups in total. The first kappa shape index (κ1) is 21.6. The van der Waals surface area contributed by atoms with Gasteiger partial charge in [0.05, 0.1) is 5.56 Å². The van der Waals surface area contributed by atoms with Crippen LogP contribution >= 0.6 is 0 Å². The smallest absolute Gasteiger partial charge is 0.195 e. The fourth-order valence-corrected chi connectivity index (χ4v) is 4.98. The van der Waals surface area contributed by atoms with Crippen LogP contribution in [0.1, 0.15) is 68.4 Å². The number of nitriles is 1. The summed E-state index contributed by atoms with van der Waals surface area (Å²) >= 11 is 0. The van der Waals surface area contributed by atoms with E-state index in [2.05, 4.69) is 6.58 Å². The van der Waals surface area contributed by atoms with Crippen LogP contribution in [0.25, 0.3) is 0 Å². The van der Waals surface area contributed by atoms with Crippen LogP contribution in [0.3, 0.4) is 0 Å². The van der Waals surface area contributed by atoms with Crippen molar-refractivity contribution in [1.82, 2.24) is 0 Å². The summed E-state index contributed by atoms with van der Waals surface area (Å²) in [7, 11) is 0. The van der Waals surface area contributed by atoms with E-state index in [1.165, 1.54) is 23.8 Å². The Kier molecular flexibility index (Phi) is 6.82. The van der Waals surface area contributed by atoms with Gasteiger partial charge in [0.15, 0.2) is 5.83 Å². The fraction of sp³-hybridized carbons (Fsp3) is 0.542. The first-order valence-corrected chi connectivity index (χ1v) is 10.4. The van der Waals surface area contributed by atoms with Crippen molar-refractivity contribution in [3.8, 4) is 6.07 Å². The van der Waals surface area contributed by atoms with Gasteiger partial charge in [-0.05, 0) is 98.8 Å². The molecule has 0 aromatic heterocycles. The lowest BCUT2D eigenvalue weighted by Crippen LogP contribution is -2.22. The van der Waals surface area contributed by atoms with Crippen LogP contribution in [0.5, 0.6) is 0 Å². The summed E-state index contributed by atoms with van der Waals surface area (Å²) in [6.45, 7) is 4.37. The first-order chi connectivity index (χ1) is 13.8. The molecule has 0 unspecified atom stereocenters. The lowest BCUT2D eigenvalue weighted by Gasteiger charge is -2.36. The molecule has 0 amide bonds. The SMILES string of the molecule is C=C(C1CCC(C=C(F)C#N)CC1)C1CCC(c2ccc(C(F)(F)F)cc2)CC1. The molecule has 29 heavy (non-hydrogen) atoms. The van der Waals surface area contributed by atoms with Crippen molar-refractivity contribution >= 4 is 0 Å². The quantitative estimate of drug-likeness (QED) is 0.286. The zero-order chi connectivity index (χ0) is 21.0. The summed E-state index contributed by atoms with van der Waals surface area (Å²) in [4.78, 5) is 0. The Morgan fingerprint density at radius 1 is 0.931 bits per heavy atom. The number of alkyl halides is 3. The van der Waals surface area contributed by atoms with Gasteiger partial charge in [0.25, 0.3) is 0 Å². The molecule has 0 bridgehead atoms. The van der Waals surface area contributed by atoms with Crippen LogP contribution in [0.2, 0.25) is 0 Å². The van der Waals surface area contributed by atoms with Gasteiger partial charge in [-0.1, -0.05) is 24.3 Å². The predicted molar refractivity (Wildman–Crippen MR) is 106 cm³/mol. The number of hydrogen-bond donors (Lipinski definition) is 0. The Morgan fingerprint density at radius 2 is 1.45 bits per heavy atom. The van der Waals surface area contributed by atoms with Gasteiger partial charge < -0.3 is 0 Å². The summed E-state index contributed by atoms with van der Waals surface area (Å²) in [5.41, 5.74) is 1.69. The molecule has 3 rings (SSSR count). The minimum absolute atomic E-state index is 0.147. The van der Waals surface area contributed by atoms with Gasteiger partial charge in [-0.2, -0.15) is 22.8 Å². The molecule has 0 atom stereocenters. The molecule has 2 aliphatic rings. The summed E-state index contributed by atoms with van der Waals surface area (Å²) in [5, 5.41) is 8.57. The Bertz CT molecular complexity index is 769. The molecule has 0 heterocycles. The predicted octanol–water partition coefficient (Wildman–Crippen LogP) is 7.72. The molecule has 0 saturated heterocycles. The first-order valence-electron chi connectivity index (χ1n) is 10.4. The molecule has 0 spiro atoms. The second kappa shape index (κ2) is 9.15. The molecule has 156 valence electrons. The van der Waals surface area contributed by atoms with Crippen molar-refractivity contribution in [2.75, 3.05) is 0 Å². The van der Waals surface area contributed by atoms with Crippen molar-refractivity contribution in [3.63, 3.8) is 0 Å². The number of nitrogens with zero attached hydrogens (tertiary/aromatic N) is 1. The Labute approximate surface area is 170 Å². The van der Waals surface area contributed by atoms with E-state index in [0.29, 0.717) is 17.8 Å². The maximum Gasteiger partial charge on any atom is 0.416 e. The topological polar surface area (TPSA) is 23.8 Å². The zero-order valence-corrected chi connectivity index (χ0v) is 16.5. The van der Waals surface area contributed by atoms with E-state index in [4.69, 9.17) is 5.26 Å². The van der Waals surface area contributed by atoms with E-state index in [-0.39, 0.29) is 5.92 Å². The zero-order valence-electron chi connectivity index (χ0n) is 16.5. The Balaban J connectivity index is 1.49. The van der Waals surface area contributed by atoms with E-state index < -0.39 is 17.6 Å². The molecular weight excluding hydrogens is 378 g/mol. The Hall–Kier alpha value is -2.09. The van der Waals surface area contributed by atoms with Crippen molar-refractivity contribution in [3.05, 3.63) is 59.4 Å². The highest BCUT2D eigenvalue weighted by Gasteiger charge is 2.32. The van der Waals surface area contributed by atoms with Crippen LogP contribution in [0, 0.1) is 29.1 Å². The largest absolute Gasteiger partial charge is 0.416 e. The third kappa shape index (κ3) is 5.50. The molecule has 0 radical (unpaired) electrons. The molecule has 1 aromatic carbocycles. The number of benzene rings is 1. The minimum Gasteiger partial charge on any atom is -0.195 e. The van der Waals surface area contributed by atoms with Crippen LogP contribution in [-0.4, -0.2) is 0 Å². The van der Waals surface area contributed by atoms with Crippen molar-refractivity contribution < 1.29 is 17.6 Å². The molecule has 0 aliphatic heterocycles. The van der Waals surface area contributed by atoms with Crippen molar-refractivity contribution in [2.45, 2.75) is 63.5 Å². The molecule has 1 nitrogen and oxygen atoms in total. The standard InChI is InChI=1S/C24H27F4N/c1-16(18-4-2-17(3-5-18)14-23(25)15-29)19-6-8-20(9-7-19)21-10-12-22(13-11-21)24(26,27)28/h10-14,17-20H,1-9H2. The second-order valence-electron chi connectivity index (χ2n) is 8.48. The highest BCUT2D eigenvalue weighted by Crippen LogP contribution is 2.44. The second-order valence-corrected chi connectivity index (χ2v) is 8.48. The third-order valence-corrected chi connectivity index (χ3v) is 6.75. The highest BCUT2D eigenvalue weighted by atomic mass is 19.4. The number of rotatable bonds is 4. The summed E-state index contributed by atoms with van der Waals surface area (Å²) < 4.78 is 51.4. The highest BCUT2D eigenvalue weighted by molar-refractivity contribution is 5.28. The van der Waals surface area contributed by atoms with Gasteiger partial charge in [-0.25, -0.2) is 0 Å². The van der Waals surface area contributed by atoms with Gasteiger partial charge in [0, 0.05) is 0 Å². The van der Waals surface area contributed by atoms with E-state index in [9.17, 15) is 17.6 Å². The monoisotopic (exact) mass is 405 g/mol. The van der Waals surface area contributed by atoms with E-state index in [1.807, 2.05) is 0 Å². The maximum absolute atomic E-state index is 13.1.